The second-order valence-corrected chi connectivity index (χ2v) is 9.63. The summed E-state index contributed by atoms with van der Waals surface area (Å²) in [4.78, 5) is 19.5. The van der Waals surface area contributed by atoms with Crippen LogP contribution >= 0.6 is 0 Å². The third-order valence-electron chi connectivity index (χ3n) is 5.08. The van der Waals surface area contributed by atoms with Crippen LogP contribution in [0.1, 0.15) is 41.5 Å². The van der Waals surface area contributed by atoms with Gasteiger partial charge in [-0.25, -0.2) is 17.7 Å². The van der Waals surface area contributed by atoms with Crippen LogP contribution < -0.4 is 5.32 Å². The van der Waals surface area contributed by atoms with E-state index >= 15 is 0 Å². The standard InChI is InChI=1S/C19H29N5O3S/c1-22(2)11-7-10-20-19(25)17-16-9-4-5-13-24(16)18(21-17)15-8-6-12-23(14-15)28(3,26)27/h4-5,9,13,15H,6-8,10-12,14H2,1-3H3,(H,20,25)/t15-/m1/s1. The predicted octanol–water partition coefficient (Wildman–Crippen LogP) is 1.15. The van der Waals surface area contributed by atoms with Crippen LogP contribution in [0.5, 0.6) is 0 Å². The van der Waals surface area contributed by atoms with Crippen molar-refractivity contribution in [3.8, 4) is 0 Å². The first-order valence-corrected chi connectivity index (χ1v) is 11.5. The van der Waals surface area contributed by atoms with Gasteiger partial charge in [-0.15, -0.1) is 0 Å². The molecule has 1 saturated heterocycles. The Hall–Kier alpha value is -1.97. The van der Waals surface area contributed by atoms with E-state index in [9.17, 15) is 13.2 Å². The Kier molecular flexibility index (Phi) is 6.36. The Morgan fingerprint density at radius 3 is 2.86 bits per heavy atom. The van der Waals surface area contributed by atoms with Gasteiger partial charge in [0.2, 0.25) is 10.0 Å². The van der Waals surface area contributed by atoms with Crippen LogP contribution in [0.3, 0.4) is 0 Å². The molecule has 0 radical (unpaired) electrons. The first-order chi connectivity index (χ1) is 13.3. The van der Waals surface area contributed by atoms with Crippen molar-refractivity contribution in [2.24, 2.45) is 0 Å². The van der Waals surface area contributed by atoms with Crippen molar-refractivity contribution in [3.63, 3.8) is 0 Å². The summed E-state index contributed by atoms with van der Waals surface area (Å²) < 4.78 is 27.4. The zero-order valence-corrected chi connectivity index (χ0v) is 17.6. The Labute approximate surface area is 166 Å². The van der Waals surface area contributed by atoms with Crippen LogP contribution in [0.4, 0.5) is 0 Å². The predicted molar refractivity (Wildman–Crippen MR) is 109 cm³/mol. The molecule has 0 bridgehead atoms. The monoisotopic (exact) mass is 407 g/mol. The second-order valence-electron chi connectivity index (χ2n) is 7.65. The quantitative estimate of drug-likeness (QED) is 0.696. The summed E-state index contributed by atoms with van der Waals surface area (Å²) in [6, 6.07) is 5.66. The first kappa shape index (κ1) is 20.8. The first-order valence-electron chi connectivity index (χ1n) is 9.62. The van der Waals surface area contributed by atoms with Gasteiger partial charge in [-0.2, -0.15) is 0 Å². The summed E-state index contributed by atoms with van der Waals surface area (Å²) in [5.74, 6) is 0.528. The number of hydrogen-bond acceptors (Lipinski definition) is 5. The summed E-state index contributed by atoms with van der Waals surface area (Å²) in [6.07, 6.45) is 5.63. The number of carbonyl (C=O) groups is 1. The SMILES string of the molecule is CN(C)CCCNC(=O)c1nc([C@@H]2CCCN(S(C)(=O)=O)C2)n2ccccc12. The highest BCUT2D eigenvalue weighted by Gasteiger charge is 2.30. The minimum atomic E-state index is -3.24. The van der Waals surface area contributed by atoms with Gasteiger partial charge in [0.05, 0.1) is 11.8 Å². The van der Waals surface area contributed by atoms with E-state index in [2.05, 4.69) is 15.2 Å². The maximum atomic E-state index is 12.7. The van der Waals surface area contributed by atoms with Crippen molar-refractivity contribution < 1.29 is 13.2 Å². The molecule has 2 aromatic rings. The fraction of sp³-hybridized carbons (Fsp3) is 0.579. The van der Waals surface area contributed by atoms with Crippen molar-refractivity contribution in [1.82, 2.24) is 23.9 Å². The van der Waals surface area contributed by atoms with Gasteiger partial charge in [-0.3, -0.25) is 4.79 Å². The van der Waals surface area contributed by atoms with Crippen LogP contribution in [0.25, 0.3) is 5.52 Å². The number of imidazole rings is 1. The lowest BCUT2D eigenvalue weighted by molar-refractivity contribution is 0.0949. The normalized spacial score (nSPS) is 18.6. The molecular weight excluding hydrogens is 378 g/mol. The van der Waals surface area contributed by atoms with Crippen LogP contribution in [-0.4, -0.2) is 79.4 Å². The highest BCUT2D eigenvalue weighted by molar-refractivity contribution is 7.88. The zero-order chi connectivity index (χ0) is 20.3. The van der Waals surface area contributed by atoms with Gasteiger partial charge in [-0.1, -0.05) is 6.07 Å². The molecule has 1 aliphatic heterocycles. The molecule has 8 nitrogen and oxygen atoms in total. The number of pyridine rings is 1. The number of rotatable bonds is 7. The fourth-order valence-electron chi connectivity index (χ4n) is 3.65. The molecule has 1 fully saturated rings. The highest BCUT2D eigenvalue weighted by Crippen LogP contribution is 2.29. The number of nitrogens with one attached hydrogen (secondary N) is 1. The average molecular weight is 408 g/mol. The number of fused-ring (bicyclic) bond motifs is 1. The van der Waals surface area contributed by atoms with Crippen molar-refractivity contribution in [3.05, 3.63) is 35.9 Å². The van der Waals surface area contributed by atoms with E-state index in [4.69, 9.17) is 0 Å². The molecule has 1 aliphatic rings. The number of aromatic nitrogens is 2. The van der Waals surface area contributed by atoms with Crippen molar-refractivity contribution >= 4 is 21.4 Å². The van der Waals surface area contributed by atoms with Gasteiger partial charge >= 0.3 is 0 Å². The topological polar surface area (TPSA) is 87.0 Å². The lowest BCUT2D eigenvalue weighted by Crippen LogP contribution is -2.38. The summed E-state index contributed by atoms with van der Waals surface area (Å²) in [7, 11) is 0.763. The molecule has 2 aromatic heterocycles. The highest BCUT2D eigenvalue weighted by atomic mass is 32.2. The number of piperidine rings is 1. The third-order valence-corrected chi connectivity index (χ3v) is 6.35. The smallest absolute Gasteiger partial charge is 0.272 e. The lowest BCUT2D eigenvalue weighted by atomic mass is 9.99. The van der Waals surface area contributed by atoms with Gasteiger partial charge in [0.1, 0.15) is 5.82 Å². The van der Waals surface area contributed by atoms with E-state index in [1.807, 2.05) is 42.9 Å². The maximum absolute atomic E-state index is 12.7. The minimum Gasteiger partial charge on any atom is -0.351 e. The number of carbonyl (C=O) groups excluding carboxylic acids is 1. The molecule has 1 N–H and O–H groups in total. The van der Waals surface area contributed by atoms with E-state index in [1.165, 1.54) is 10.6 Å². The van der Waals surface area contributed by atoms with E-state index in [-0.39, 0.29) is 11.8 Å². The van der Waals surface area contributed by atoms with E-state index < -0.39 is 10.0 Å². The molecule has 0 aliphatic carbocycles. The molecule has 0 saturated carbocycles. The van der Waals surface area contributed by atoms with Crippen molar-refractivity contribution in [2.45, 2.75) is 25.2 Å². The van der Waals surface area contributed by atoms with Gasteiger partial charge < -0.3 is 14.6 Å². The summed E-state index contributed by atoms with van der Waals surface area (Å²) in [5.41, 5.74) is 1.15. The average Bonchev–Trinajstić information content (AvgIpc) is 3.04. The number of amides is 1. The van der Waals surface area contributed by atoms with Gasteiger partial charge in [0, 0.05) is 31.7 Å². The molecule has 28 heavy (non-hydrogen) atoms. The van der Waals surface area contributed by atoms with Crippen LogP contribution in [0, 0.1) is 0 Å². The zero-order valence-electron chi connectivity index (χ0n) is 16.8. The molecule has 154 valence electrons. The van der Waals surface area contributed by atoms with Crippen molar-refractivity contribution in [1.29, 1.82) is 0 Å². The van der Waals surface area contributed by atoms with E-state index in [0.29, 0.717) is 25.3 Å². The maximum Gasteiger partial charge on any atom is 0.272 e. The Morgan fingerprint density at radius 2 is 2.14 bits per heavy atom. The molecule has 3 rings (SSSR count). The van der Waals surface area contributed by atoms with Gasteiger partial charge in [0.25, 0.3) is 5.91 Å². The molecule has 0 unspecified atom stereocenters. The summed E-state index contributed by atoms with van der Waals surface area (Å²) in [6.45, 7) is 2.43. The molecule has 3 heterocycles. The van der Waals surface area contributed by atoms with E-state index in [1.54, 1.807) is 0 Å². The van der Waals surface area contributed by atoms with E-state index in [0.717, 1.165) is 37.1 Å². The van der Waals surface area contributed by atoms with Crippen LogP contribution in [-0.2, 0) is 10.0 Å². The molecule has 1 atom stereocenters. The molecule has 9 heteroatoms. The summed E-state index contributed by atoms with van der Waals surface area (Å²) in [5, 5.41) is 2.95. The number of nitrogens with zero attached hydrogens (tertiary/aromatic N) is 4. The second kappa shape index (κ2) is 8.59. The molecule has 1 amide bonds. The molecule has 0 spiro atoms. The third kappa shape index (κ3) is 4.71. The Morgan fingerprint density at radius 1 is 1.36 bits per heavy atom. The van der Waals surface area contributed by atoms with Gasteiger partial charge in [-0.05, 0) is 52.0 Å². The van der Waals surface area contributed by atoms with Gasteiger partial charge in [0.15, 0.2) is 5.69 Å². The van der Waals surface area contributed by atoms with Crippen LogP contribution in [0.2, 0.25) is 0 Å². The summed E-state index contributed by atoms with van der Waals surface area (Å²) >= 11 is 0. The largest absolute Gasteiger partial charge is 0.351 e. The minimum absolute atomic E-state index is 0.0336. The van der Waals surface area contributed by atoms with Crippen molar-refractivity contribution in [2.75, 3.05) is 46.5 Å². The lowest BCUT2D eigenvalue weighted by Gasteiger charge is -2.30. The molecule has 0 aromatic carbocycles. The number of hydrogen-bond donors (Lipinski definition) is 1. The number of sulfonamides is 1. The van der Waals surface area contributed by atoms with Crippen LogP contribution in [0.15, 0.2) is 24.4 Å². The molecular formula is C19H29N5O3S. The Balaban J connectivity index is 1.83. The Bertz CT molecular complexity index is 938. The fourth-order valence-corrected chi connectivity index (χ4v) is 4.56.